The number of aliphatic imine (C=N–C) groups is 1. The molecule has 1 saturated heterocycles. The van der Waals surface area contributed by atoms with Gasteiger partial charge < -0.3 is 29.6 Å². The molecule has 4 aromatic rings. The predicted octanol–water partition coefficient (Wildman–Crippen LogP) is 6.42. The summed E-state index contributed by atoms with van der Waals surface area (Å²) < 4.78 is 11.1. The van der Waals surface area contributed by atoms with Crippen LogP contribution in [0.2, 0.25) is 0 Å². The van der Waals surface area contributed by atoms with Gasteiger partial charge in [-0.1, -0.05) is 12.1 Å². The van der Waals surface area contributed by atoms with Gasteiger partial charge in [-0.25, -0.2) is 9.78 Å². The summed E-state index contributed by atoms with van der Waals surface area (Å²) in [5, 5.41) is 2.77. The van der Waals surface area contributed by atoms with Crippen molar-refractivity contribution in [2.45, 2.75) is 39.2 Å². The van der Waals surface area contributed by atoms with Crippen LogP contribution in [-0.2, 0) is 4.74 Å². The fraction of sp³-hybridized carbons (Fsp3) is 0.382. The highest BCUT2D eigenvalue weighted by atomic mass is 16.6. The first-order chi connectivity index (χ1) is 20.7. The van der Waals surface area contributed by atoms with Crippen molar-refractivity contribution in [1.29, 1.82) is 0 Å². The molecule has 1 aliphatic rings. The van der Waals surface area contributed by atoms with Gasteiger partial charge in [0.2, 0.25) is 0 Å². The number of fused-ring (bicyclic) bond motifs is 1. The quantitative estimate of drug-likeness (QED) is 0.166. The number of H-pyrrole nitrogens is 1. The number of likely N-dealkylation sites (N-methyl/N-ethyl adjacent to an activating group) is 1. The van der Waals surface area contributed by atoms with Crippen molar-refractivity contribution < 1.29 is 14.3 Å². The van der Waals surface area contributed by atoms with E-state index < -0.39 is 5.60 Å². The summed E-state index contributed by atoms with van der Waals surface area (Å²) in [5.74, 6) is 1.61. The molecule has 0 radical (unpaired) electrons. The maximum atomic E-state index is 11.7. The van der Waals surface area contributed by atoms with E-state index in [9.17, 15) is 4.79 Å². The molecule has 1 aliphatic heterocycles. The summed E-state index contributed by atoms with van der Waals surface area (Å²) in [6.45, 7) is 10.9. The van der Waals surface area contributed by atoms with Crippen LogP contribution in [0.15, 0.2) is 71.7 Å². The Morgan fingerprint density at radius 1 is 1.02 bits per heavy atom. The van der Waals surface area contributed by atoms with Gasteiger partial charge >= 0.3 is 6.09 Å². The second-order valence-corrected chi connectivity index (χ2v) is 11.9. The molecule has 1 fully saturated rings. The van der Waals surface area contributed by atoms with E-state index in [1.165, 1.54) is 5.69 Å². The molecule has 2 N–H and O–H groups in total. The summed E-state index contributed by atoms with van der Waals surface area (Å²) >= 11 is 0. The molecule has 9 heteroatoms. The Morgan fingerprint density at radius 2 is 1.81 bits per heavy atom. The maximum Gasteiger partial charge on any atom is 0.407 e. The Balaban J connectivity index is 1.12. The van der Waals surface area contributed by atoms with Gasteiger partial charge in [0.25, 0.3) is 0 Å². The van der Waals surface area contributed by atoms with Gasteiger partial charge in [0, 0.05) is 50.2 Å². The molecular formula is C34H42N6O3. The first kappa shape index (κ1) is 30.1. The Morgan fingerprint density at radius 3 is 2.58 bits per heavy atom. The van der Waals surface area contributed by atoms with Crippen molar-refractivity contribution >= 4 is 34.7 Å². The Kier molecular flexibility index (Phi) is 9.61. The van der Waals surface area contributed by atoms with E-state index in [1.807, 2.05) is 69.5 Å². The minimum atomic E-state index is -0.488. The number of benzene rings is 3. The van der Waals surface area contributed by atoms with Crippen molar-refractivity contribution in [2.24, 2.45) is 4.99 Å². The third-order valence-electron chi connectivity index (χ3n) is 7.20. The lowest BCUT2D eigenvalue weighted by atomic mass is 10.2. The molecule has 0 unspecified atom stereocenters. The molecule has 43 heavy (non-hydrogen) atoms. The molecule has 1 aromatic heterocycles. The monoisotopic (exact) mass is 582 g/mol. The van der Waals surface area contributed by atoms with Crippen LogP contribution in [0.25, 0.3) is 22.4 Å². The van der Waals surface area contributed by atoms with Gasteiger partial charge in [0.15, 0.2) is 0 Å². The molecule has 226 valence electrons. The summed E-state index contributed by atoms with van der Waals surface area (Å²) in [7, 11) is 2.17. The third kappa shape index (κ3) is 8.81. The zero-order valence-electron chi connectivity index (χ0n) is 25.6. The molecule has 2 heterocycles. The van der Waals surface area contributed by atoms with Gasteiger partial charge in [-0.15, -0.1) is 0 Å². The lowest BCUT2D eigenvalue weighted by Gasteiger charge is -2.34. The molecule has 0 spiro atoms. The number of hydrogen-bond acceptors (Lipinski definition) is 7. The molecule has 3 aromatic carbocycles. The number of piperazine rings is 1. The molecule has 1 amide bonds. The number of ether oxygens (including phenoxy) is 2. The number of aromatic nitrogens is 2. The van der Waals surface area contributed by atoms with E-state index in [0.29, 0.717) is 13.2 Å². The Labute approximate surface area is 253 Å². The predicted molar refractivity (Wildman–Crippen MR) is 174 cm³/mol. The summed E-state index contributed by atoms with van der Waals surface area (Å²) in [6, 6.07) is 22.5. The van der Waals surface area contributed by atoms with Crippen LogP contribution in [0.5, 0.6) is 5.75 Å². The van der Waals surface area contributed by atoms with Crippen molar-refractivity contribution in [2.75, 3.05) is 51.3 Å². The largest absolute Gasteiger partial charge is 0.494 e. The minimum absolute atomic E-state index is 0.388. The first-order valence-corrected chi connectivity index (χ1v) is 15.0. The number of carbonyl (C=O) groups is 1. The number of nitrogens with one attached hydrogen (secondary N) is 2. The number of rotatable bonds is 10. The molecule has 0 saturated carbocycles. The number of carbonyl (C=O) groups excluding carboxylic acids is 1. The van der Waals surface area contributed by atoms with E-state index in [2.05, 4.69) is 51.4 Å². The van der Waals surface area contributed by atoms with Crippen molar-refractivity contribution in [3.63, 3.8) is 0 Å². The van der Waals surface area contributed by atoms with Crippen molar-refractivity contribution in [3.8, 4) is 17.1 Å². The molecule has 9 nitrogen and oxygen atoms in total. The number of unbranched alkanes of at least 4 members (excludes halogenated alkanes) is 1. The lowest BCUT2D eigenvalue weighted by Crippen LogP contribution is -2.44. The number of alkyl carbamates (subject to hydrolysis) is 1. The molecule has 5 rings (SSSR count). The minimum Gasteiger partial charge on any atom is -0.494 e. The van der Waals surface area contributed by atoms with Crippen molar-refractivity contribution in [1.82, 2.24) is 20.2 Å². The van der Waals surface area contributed by atoms with E-state index in [4.69, 9.17) is 19.5 Å². The third-order valence-corrected chi connectivity index (χ3v) is 7.20. The van der Waals surface area contributed by atoms with E-state index >= 15 is 0 Å². The number of hydrogen-bond donors (Lipinski definition) is 2. The van der Waals surface area contributed by atoms with Crippen LogP contribution in [0.3, 0.4) is 0 Å². The van der Waals surface area contributed by atoms with E-state index in [1.54, 1.807) is 0 Å². The van der Waals surface area contributed by atoms with Crippen LogP contribution in [0, 0.1) is 0 Å². The van der Waals surface area contributed by atoms with Crippen LogP contribution in [0.4, 0.5) is 16.2 Å². The standard InChI is InChI=1S/C34H42N6O3/c1-34(2,3)43-33(41)35-16-5-6-21-42-29-13-11-26(12-14-29)32-37-30-15-10-25(22-31(30)38-32)24-36-27-8-7-9-28(23-27)40-19-17-39(4)18-20-40/h7-15,22-24H,5-6,16-21H2,1-4H3,(H,35,41)(H,37,38). The normalized spacial score (nSPS) is 14.4. The highest BCUT2D eigenvalue weighted by Gasteiger charge is 2.16. The average Bonchev–Trinajstić information content (AvgIpc) is 3.41. The smallest absolute Gasteiger partial charge is 0.407 e. The van der Waals surface area contributed by atoms with E-state index in [0.717, 1.165) is 78.4 Å². The van der Waals surface area contributed by atoms with Gasteiger partial charge in [-0.2, -0.15) is 0 Å². The highest BCUT2D eigenvalue weighted by Crippen LogP contribution is 2.25. The summed E-state index contributed by atoms with van der Waals surface area (Å²) in [4.78, 5) is 29.5. The molecule has 0 bridgehead atoms. The number of imidazole rings is 1. The van der Waals surface area contributed by atoms with E-state index in [-0.39, 0.29) is 6.09 Å². The second-order valence-electron chi connectivity index (χ2n) is 11.9. The molecule has 0 atom stereocenters. The Hall–Kier alpha value is -4.37. The van der Waals surface area contributed by atoms with Crippen molar-refractivity contribution in [3.05, 3.63) is 72.3 Å². The fourth-order valence-corrected chi connectivity index (χ4v) is 4.86. The van der Waals surface area contributed by atoms with Gasteiger partial charge in [0.1, 0.15) is 17.2 Å². The molecular weight excluding hydrogens is 540 g/mol. The summed E-state index contributed by atoms with van der Waals surface area (Å²) in [6.07, 6.45) is 3.16. The average molecular weight is 583 g/mol. The first-order valence-electron chi connectivity index (χ1n) is 15.0. The number of anilines is 1. The van der Waals surface area contributed by atoms with Crippen LogP contribution < -0.4 is 15.0 Å². The second kappa shape index (κ2) is 13.7. The topological polar surface area (TPSA) is 95.1 Å². The highest BCUT2D eigenvalue weighted by molar-refractivity contribution is 5.89. The number of aromatic amines is 1. The van der Waals surface area contributed by atoms with Crippen LogP contribution in [0.1, 0.15) is 39.2 Å². The lowest BCUT2D eigenvalue weighted by molar-refractivity contribution is 0.0526. The maximum absolute atomic E-state index is 11.7. The zero-order valence-corrected chi connectivity index (χ0v) is 25.6. The molecule has 0 aliphatic carbocycles. The van der Waals surface area contributed by atoms with Crippen LogP contribution >= 0.6 is 0 Å². The number of amides is 1. The zero-order chi connectivity index (χ0) is 30.2. The summed E-state index contributed by atoms with van der Waals surface area (Å²) in [5.41, 5.74) is 5.55. The van der Waals surface area contributed by atoms with Gasteiger partial charge in [-0.05, 0) is 101 Å². The van der Waals surface area contributed by atoms with Crippen LogP contribution in [-0.4, -0.2) is 79.2 Å². The fourth-order valence-electron chi connectivity index (χ4n) is 4.86. The number of nitrogens with zero attached hydrogens (tertiary/aromatic N) is 4. The van der Waals surface area contributed by atoms with Gasteiger partial charge in [-0.3, -0.25) is 4.99 Å². The SMILES string of the molecule is CN1CCN(c2cccc(N=Cc3ccc4nc(-c5ccc(OCCCCNC(=O)OC(C)(C)C)cc5)[nH]c4c3)c2)CC1. The van der Waals surface area contributed by atoms with Gasteiger partial charge in [0.05, 0.1) is 23.3 Å². The Bertz CT molecular complexity index is 1530.